The van der Waals surface area contributed by atoms with E-state index in [-0.39, 0.29) is 35.1 Å². The monoisotopic (exact) mass is 602 g/mol. The van der Waals surface area contributed by atoms with Crippen LogP contribution in [-0.2, 0) is 18.1 Å². The Labute approximate surface area is 253 Å². The predicted octanol–water partition coefficient (Wildman–Crippen LogP) is 8.19. The maximum absolute atomic E-state index is 13.3. The Morgan fingerprint density at radius 2 is 1.67 bits per heavy atom. The molecule has 0 aromatic heterocycles. The van der Waals surface area contributed by atoms with Crippen LogP contribution in [0.1, 0.15) is 104 Å². The molecule has 4 saturated carbocycles. The summed E-state index contributed by atoms with van der Waals surface area (Å²) in [6, 6.07) is 9.91. The van der Waals surface area contributed by atoms with Crippen molar-refractivity contribution in [2.24, 2.45) is 58.2 Å². The lowest BCUT2D eigenvalue weighted by Crippen LogP contribution is -2.63. The molecule has 0 radical (unpaired) electrons. The van der Waals surface area contributed by atoms with Crippen LogP contribution >= 0.6 is 7.82 Å². The second kappa shape index (κ2) is 11.9. The van der Waals surface area contributed by atoms with Crippen LogP contribution in [-0.4, -0.2) is 35.6 Å². The molecule has 1 heterocycles. The summed E-state index contributed by atoms with van der Waals surface area (Å²) < 4.78 is 30.7. The third kappa shape index (κ3) is 5.39. The summed E-state index contributed by atoms with van der Waals surface area (Å²) in [5, 5.41) is 22.8. The van der Waals surface area contributed by atoms with Gasteiger partial charge in [-0.05, 0) is 115 Å². The molecule has 1 saturated heterocycles. The smallest absolute Gasteiger partial charge is 0.393 e. The molecule has 0 amide bonds. The van der Waals surface area contributed by atoms with Gasteiger partial charge in [-0.1, -0.05) is 65.0 Å². The summed E-state index contributed by atoms with van der Waals surface area (Å²) in [5.41, 5.74) is 1.41. The minimum atomic E-state index is -3.59. The fraction of sp³-hybridized carbons (Fsp3) is 0.829. The fourth-order valence-electron chi connectivity index (χ4n) is 11.2. The molecule has 0 spiro atoms. The van der Waals surface area contributed by atoms with Gasteiger partial charge in [-0.3, -0.25) is 13.6 Å². The second-order valence-corrected chi connectivity index (χ2v) is 17.2. The average molecular weight is 603 g/mol. The molecule has 6 unspecified atom stereocenters. The van der Waals surface area contributed by atoms with Gasteiger partial charge in [0.05, 0.1) is 31.5 Å². The molecular weight excluding hydrogens is 547 g/mol. The van der Waals surface area contributed by atoms with E-state index in [1.165, 1.54) is 25.7 Å². The topological polar surface area (TPSA) is 85.2 Å². The Balaban J connectivity index is 1.12. The fourth-order valence-corrected chi connectivity index (χ4v) is 12.6. The van der Waals surface area contributed by atoms with Gasteiger partial charge in [0.15, 0.2) is 0 Å². The van der Waals surface area contributed by atoms with Crippen LogP contribution in [0.5, 0.6) is 0 Å². The highest BCUT2D eigenvalue weighted by Gasteiger charge is 2.65. The first-order valence-electron chi connectivity index (χ1n) is 17.0. The number of benzene rings is 1. The largest absolute Gasteiger partial charge is 0.475 e. The normalized spacial score (nSPS) is 47.9. The van der Waals surface area contributed by atoms with Gasteiger partial charge in [-0.2, -0.15) is 0 Å². The molecule has 1 aromatic carbocycles. The highest BCUT2D eigenvalue weighted by Crippen LogP contribution is 2.70. The Hall–Kier alpha value is -0.750. The molecule has 6 rings (SSSR count). The van der Waals surface area contributed by atoms with E-state index in [0.717, 1.165) is 31.2 Å². The molecule has 236 valence electrons. The van der Waals surface area contributed by atoms with E-state index in [2.05, 4.69) is 34.6 Å². The quantitative estimate of drug-likeness (QED) is 0.306. The van der Waals surface area contributed by atoms with Crippen LogP contribution in [0.15, 0.2) is 30.3 Å². The molecule has 7 heteroatoms. The molecule has 42 heavy (non-hydrogen) atoms. The first-order chi connectivity index (χ1) is 20.0. The first-order valence-corrected chi connectivity index (χ1v) is 18.4. The van der Waals surface area contributed by atoms with Crippen LogP contribution in [0, 0.1) is 58.2 Å². The molecule has 1 aliphatic heterocycles. The van der Waals surface area contributed by atoms with Gasteiger partial charge < -0.3 is 10.2 Å². The summed E-state index contributed by atoms with van der Waals surface area (Å²) in [4.78, 5) is 0. The lowest BCUT2D eigenvalue weighted by molar-refractivity contribution is -0.211. The maximum atomic E-state index is 13.3. The van der Waals surface area contributed by atoms with Crippen LogP contribution in [0.3, 0.4) is 0 Å². The number of phosphoric ester groups is 1. The number of rotatable bonds is 7. The third-order valence-corrected chi connectivity index (χ3v) is 14.7. The van der Waals surface area contributed by atoms with Crippen molar-refractivity contribution in [1.82, 2.24) is 0 Å². The van der Waals surface area contributed by atoms with Gasteiger partial charge in [-0.15, -0.1) is 0 Å². The van der Waals surface area contributed by atoms with Gasteiger partial charge in [0.1, 0.15) is 0 Å². The zero-order chi connectivity index (χ0) is 29.9. The van der Waals surface area contributed by atoms with E-state index < -0.39 is 7.82 Å². The Kier molecular flexibility index (Phi) is 8.84. The number of phosphoric acid groups is 1. The number of hydrogen-bond donors (Lipinski definition) is 2. The summed E-state index contributed by atoms with van der Waals surface area (Å²) in [6.07, 6.45) is 8.32. The van der Waals surface area contributed by atoms with Crippen molar-refractivity contribution in [2.75, 3.05) is 13.2 Å². The minimum Gasteiger partial charge on any atom is -0.393 e. The molecule has 6 nitrogen and oxygen atoms in total. The number of hydrogen-bond acceptors (Lipinski definition) is 6. The van der Waals surface area contributed by atoms with E-state index in [9.17, 15) is 14.8 Å². The first kappa shape index (κ1) is 31.2. The predicted molar refractivity (Wildman–Crippen MR) is 165 cm³/mol. The lowest BCUT2D eigenvalue weighted by atomic mass is 9.40. The van der Waals surface area contributed by atoms with E-state index in [4.69, 9.17) is 13.6 Å². The molecule has 4 aliphatic carbocycles. The second-order valence-electron chi connectivity index (χ2n) is 15.5. The van der Waals surface area contributed by atoms with Crippen molar-refractivity contribution in [2.45, 2.75) is 111 Å². The summed E-state index contributed by atoms with van der Waals surface area (Å²) in [6.45, 7) is 12.7. The summed E-state index contributed by atoms with van der Waals surface area (Å²) in [5.74, 6) is 3.46. The zero-order valence-electron chi connectivity index (χ0n) is 26.5. The van der Waals surface area contributed by atoms with Crippen molar-refractivity contribution in [3.63, 3.8) is 0 Å². The Morgan fingerprint density at radius 3 is 2.40 bits per heavy atom. The third-order valence-electron chi connectivity index (χ3n) is 13.2. The molecule has 0 bridgehead atoms. The molecule has 5 fully saturated rings. The van der Waals surface area contributed by atoms with Crippen molar-refractivity contribution in [3.8, 4) is 0 Å². The standard InChI is InChI=1S/C35H55O6P/c1-22(2)31-29-21-25(36)13-17-35(29,5)28-14-18-34(4)26(11-12-27(34)32(28)33(31)37)23(3)15-19-39-42(38)40-20-16-30(41-42)24-9-7-6-8-10-24/h6-10,22-23,25-33,36-37H,11-21H2,1-5H3/t23-,25-,26-,27?,28?,29?,30+,31-,32?,33?,34-,35-,42?/m1/s1. The molecule has 5 aliphatic rings. The van der Waals surface area contributed by atoms with Crippen LogP contribution in [0.2, 0.25) is 0 Å². The SMILES string of the molecule is CC(C)[C@H]1C(O)C2C(CC[C@@]3(C)C2CC[C@@H]3[C@H](C)CCOP2(=O)OCC[C@@H](c3ccccc3)O2)[C@@]2(C)CC[C@@H](O)CC12. The Morgan fingerprint density at radius 1 is 0.952 bits per heavy atom. The zero-order valence-corrected chi connectivity index (χ0v) is 27.4. The Bertz CT molecular complexity index is 1130. The van der Waals surface area contributed by atoms with Crippen molar-refractivity contribution in [1.29, 1.82) is 0 Å². The van der Waals surface area contributed by atoms with Crippen LogP contribution in [0.4, 0.5) is 0 Å². The van der Waals surface area contributed by atoms with Crippen molar-refractivity contribution >= 4 is 7.82 Å². The van der Waals surface area contributed by atoms with Gasteiger partial charge in [0.25, 0.3) is 0 Å². The van der Waals surface area contributed by atoms with Crippen LogP contribution in [0.25, 0.3) is 0 Å². The van der Waals surface area contributed by atoms with Crippen molar-refractivity contribution < 1.29 is 28.3 Å². The summed E-state index contributed by atoms with van der Waals surface area (Å²) in [7, 11) is -3.59. The average Bonchev–Trinajstić information content (AvgIpc) is 3.31. The van der Waals surface area contributed by atoms with E-state index >= 15 is 0 Å². The molecular formula is C35H55O6P. The van der Waals surface area contributed by atoms with Gasteiger partial charge in [0, 0.05) is 6.42 Å². The van der Waals surface area contributed by atoms with Crippen LogP contribution < -0.4 is 0 Å². The lowest BCUT2D eigenvalue weighted by Gasteiger charge is -2.65. The van der Waals surface area contributed by atoms with E-state index in [0.29, 0.717) is 61.1 Å². The van der Waals surface area contributed by atoms with Gasteiger partial charge in [-0.25, -0.2) is 4.57 Å². The molecule has 2 N–H and O–H groups in total. The highest BCUT2D eigenvalue weighted by atomic mass is 31.2. The van der Waals surface area contributed by atoms with Gasteiger partial charge >= 0.3 is 7.82 Å². The van der Waals surface area contributed by atoms with Gasteiger partial charge in [0.2, 0.25) is 0 Å². The summed E-state index contributed by atoms with van der Waals surface area (Å²) >= 11 is 0. The maximum Gasteiger partial charge on any atom is 0.475 e. The molecule has 1 aromatic rings. The number of fused-ring (bicyclic) bond motifs is 5. The minimum absolute atomic E-state index is 0.195. The highest BCUT2D eigenvalue weighted by molar-refractivity contribution is 7.48. The number of aliphatic hydroxyl groups is 2. The van der Waals surface area contributed by atoms with E-state index in [1.807, 2.05) is 30.3 Å². The number of aliphatic hydroxyl groups excluding tert-OH is 2. The van der Waals surface area contributed by atoms with Crippen molar-refractivity contribution in [3.05, 3.63) is 35.9 Å². The molecule has 13 atom stereocenters. The van der Waals surface area contributed by atoms with E-state index in [1.54, 1.807) is 0 Å².